The van der Waals surface area contributed by atoms with Crippen LogP contribution in [-0.2, 0) is 14.8 Å². The number of likely N-dealkylation sites (tertiary alicyclic amines) is 1. The number of allylic oxidation sites excluding steroid dienone is 1. The summed E-state index contributed by atoms with van der Waals surface area (Å²) in [6.07, 6.45) is 14.9. The minimum Gasteiger partial charge on any atom is -0.455 e. The molecule has 4 aliphatic rings. The Kier molecular flexibility index (Phi) is 10.9. The average molecular weight is 817 g/mol. The molecule has 59 heavy (non-hydrogen) atoms. The lowest BCUT2D eigenvalue weighted by molar-refractivity contribution is -0.384. The van der Waals surface area contributed by atoms with Crippen LogP contribution in [-0.4, -0.2) is 66.5 Å². The van der Waals surface area contributed by atoms with E-state index in [0.29, 0.717) is 49.2 Å². The first-order valence-corrected chi connectivity index (χ1v) is 22.1. The van der Waals surface area contributed by atoms with Crippen LogP contribution in [0.1, 0.15) is 96.8 Å². The number of amides is 1. The molecule has 3 fully saturated rings. The quantitative estimate of drug-likeness (QED) is 0.0771. The molecule has 306 valence electrons. The number of carbonyl (C=O) groups is 1. The molecular formula is C45H48N6O7S. The van der Waals surface area contributed by atoms with E-state index in [-0.39, 0.29) is 22.9 Å². The second-order valence-corrected chi connectivity index (χ2v) is 17.8. The lowest BCUT2D eigenvalue weighted by atomic mass is 9.88. The van der Waals surface area contributed by atoms with Gasteiger partial charge in [-0.15, -0.1) is 0 Å². The van der Waals surface area contributed by atoms with Crippen LogP contribution in [0.2, 0.25) is 0 Å². The number of sulfonamides is 1. The van der Waals surface area contributed by atoms with Crippen LogP contribution in [0.25, 0.3) is 16.6 Å². The molecule has 1 unspecified atom stereocenters. The van der Waals surface area contributed by atoms with E-state index >= 15 is 0 Å². The third-order valence-electron chi connectivity index (χ3n) is 12.3. The number of benzene rings is 3. The summed E-state index contributed by atoms with van der Waals surface area (Å²) >= 11 is 0. The number of nitro benzene ring substituents is 1. The van der Waals surface area contributed by atoms with Crippen LogP contribution in [0.15, 0.2) is 96.2 Å². The summed E-state index contributed by atoms with van der Waals surface area (Å²) in [5, 5.41) is 16.0. The Morgan fingerprint density at radius 2 is 1.81 bits per heavy atom. The highest BCUT2D eigenvalue weighted by molar-refractivity contribution is 7.90. The van der Waals surface area contributed by atoms with Gasteiger partial charge in [0.15, 0.2) is 0 Å². The molecule has 0 bridgehead atoms. The third kappa shape index (κ3) is 8.48. The van der Waals surface area contributed by atoms with Gasteiger partial charge in [-0.1, -0.05) is 36.4 Å². The van der Waals surface area contributed by atoms with E-state index in [0.717, 1.165) is 61.2 Å². The Hall–Kier alpha value is -5.57. The number of nitro groups is 1. The number of rotatable bonds is 13. The maximum absolute atomic E-state index is 13.9. The number of H-pyrrole nitrogens is 1. The number of aromatic nitrogens is 2. The lowest BCUT2D eigenvalue weighted by Gasteiger charge is -2.36. The number of pyridine rings is 1. The minimum absolute atomic E-state index is 0.0146. The second-order valence-electron chi connectivity index (χ2n) is 16.2. The number of hydrogen-bond donors (Lipinski definition) is 3. The van der Waals surface area contributed by atoms with Gasteiger partial charge in [-0.25, -0.2) is 18.1 Å². The van der Waals surface area contributed by atoms with Gasteiger partial charge in [-0.05, 0) is 135 Å². The van der Waals surface area contributed by atoms with Crippen molar-refractivity contribution >= 4 is 43.9 Å². The van der Waals surface area contributed by atoms with Crippen LogP contribution >= 0.6 is 0 Å². The molecular weight excluding hydrogens is 769 g/mol. The summed E-state index contributed by atoms with van der Waals surface area (Å²) in [7, 11) is -4.54. The molecule has 4 heterocycles. The molecule has 2 aromatic heterocycles. The molecule has 2 atom stereocenters. The predicted molar refractivity (Wildman–Crippen MR) is 225 cm³/mol. The number of carbonyl (C=O) groups excluding carboxylic acids is 1. The minimum atomic E-state index is -4.54. The maximum atomic E-state index is 13.9. The topological polar surface area (TPSA) is 169 Å². The number of nitrogens with one attached hydrogen (secondary N) is 3. The molecule has 1 saturated carbocycles. The Balaban J connectivity index is 0.954. The number of nitrogens with zero attached hydrogens (tertiary/aromatic N) is 3. The highest BCUT2D eigenvalue weighted by Gasteiger charge is 2.36. The predicted octanol–water partition coefficient (Wildman–Crippen LogP) is 8.87. The fourth-order valence-corrected chi connectivity index (χ4v) is 10.0. The molecule has 1 amide bonds. The molecule has 0 spiro atoms. The van der Waals surface area contributed by atoms with Gasteiger partial charge in [0.1, 0.15) is 22.8 Å². The summed E-state index contributed by atoms with van der Waals surface area (Å²) in [6, 6.07) is 22.3. The standard InChI is InChI=1S/C45H48N6O7S/c52-45(49-59(55,56)36-14-16-40(42(26-36)51(53)54)47-27-29-18-22-57-23-19-29)39-15-11-32(25-43(39)58-35-24-33-17-20-46-44(33)48-28-35)30-9-12-34(13-10-30)50-21-3-6-41(50)38-5-2-1-4-37(38)31-7-8-31/h1-2,4-5,9,11,14-17,20,24-26,28-29,31,34,41,47H,3,6-8,10,12-13,18-19,21-23,27H2,(H,46,48)(H,49,52)/t34?,41-/m1/s1. The maximum Gasteiger partial charge on any atom is 0.293 e. The van der Waals surface area contributed by atoms with Crippen LogP contribution in [0.5, 0.6) is 11.5 Å². The normalized spacial score (nSPS) is 20.3. The van der Waals surface area contributed by atoms with E-state index < -0.39 is 31.4 Å². The van der Waals surface area contributed by atoms with Gasteiger partial charge in [0.2, 0.25) is 0 Å². The highest BCUT2D eigenvalue weighted by atomic mass is 32.2. The number of ether oxygens (including phenoxy) is 2. The zero-order valence-corrected chi connectivity index (χ0v) is 33.6. The van der Waals surface area contributed by atoms with Gasteiger partial charge in [-0.3, -0.25) is 19.8 Å². The first kappa shape index (κ1) is 38.9. The fourth-order valence-electron chi connectivity index (χ4n) is 9.04. The average Bonchev–Trinajstić information content (AvgIpc) is 3.79. The lowest BCUT2D eigenvalue weighted by Crippen LogP contribution is -2.36. The van der Waals surface area contributed by atoms with E-state index in [9.17, 15) is 23.3 Å². The Labute approximate surface area is 343 Å². The Bertz CT molecular complexity index is 2530. The summed E-state index contributed by atoms with van der Waals surface area (Å²) in [5.41, 5.74) is 5.50. The van der Waals surface area contributed by atoms with Gasteiger partial charge >= 0.3 is 0 Å². The van der Waals surface area contributed by atoms with E-state index in [1.165, 1.54) is 48.9 Å². The van der Waals surface area contributed by atoms with E-state index in [1.807, 2.05) is 12.1 Å². The van der Waals surface area contributed by atoms with Gasteiger partial charge in [0.05, 0.1) is 21.6 Å². The van der Waals surface area contributed by atoms with Crippen molar-refractivity contribution in [2.24, 2.45) is 5.92 Å². The van der Waals surface area contributed by atoms with Gasteiger partial charge < -0.3 is 19.8 Å². The van der Waals surface area contributed by atoms with E-state index in [2.05, 4.69) is 55.2 Å². The number of hydrogen-bond acceptors (Lipinski definition) is 10. The van der Waals surface area contributed by atoms with Gasteiger partial charge in [0, 0.05) is 49.5 Å². The first-order chi connectivity index (χ1) is 28.7. The summed E-state index contributed by atoms with van der Waals surface area (Å²) in [6.45, 7) is 2.85. The van der Waals surface area contributed by atoms with Crippen LogP contribution < -0.4 is 14.8 Å². The van der Waals surface area contributed by atoms with Crippen molar-refractivity contribution in [2.45, 2.75) is 80.7 Å². The Morgan fingerprint density at radius 3 is 2.59 bits per heavy atom. The number of anilines is 1. The molecule has 0 radical (unpaired) electrons. The summed E-state index contributed by atoms with van der Waals surface area (Å²) in [4.78, 5) is 35.1. The molecule has 5 aromatic rings. The zero-order chi connectivity index (χ0) is 40.5. The van der Waals surface area contributed by atoms with E-state index in [4.69, 9.17) is 9.47 Å². The second kappa shape index (κ2) is 16.6. The molecule has 3 N–H and O–H groups in total. The SMILES string of the molecule is O=C(NS(=O)(=O)c1ccc(NCC2CCOCC2)c([N+](=O)[O-])c1)c1ccc(C2=CCC(N3CCC[C@@H]3c3ccccc3C3CC3)CC2)cc1Oc1cnc2[nH]ccc2c1. The molecule has 9 rings (SSSR count). The highest BCUT2D eigenvalue weighted by Crippen LogP contribution is 2.47. The number of aromatic amines is 1. The third-order valence-corrected chi connectivity index (χ3v) is 13.7. The van der Waals surface area contributed by atoms with Gasteiger partial charge in [0.25, 0.3) is 21.6 Å². The van der Waals surface area contributed by atoms with E-state index in [1.54, 1.807) is 30.6 Å². The van der Waals surface area contributed by atoms with Crippen molar-refractivity contribution in [3.63, 3.8) is 0 Å². The van der Waals surface area contributed by atoms with Crippen molar-refractivity contribution in [1.82, 2.24) is 19.6 Å². The monoisotopic (exact) mass is 816 g/mol. The fraction of sp³-hybridized carbons (Fsp3) is 0.378. The summed E-state index contributed by atoms with van der Waals surface area (Å²) in [5.74, 6) is 0.579. The summed E-state index contributed by atoms with van der Waals surface area (Å²) < 4.78 is 41.2. The number of fused-ring (bicyclic) bond motifs is 1. The molecule has 2 aliphatic heterocycles. The van der Waals surface area contributed by atoms with Crippen molar-refractivity contribution in [3.05, 3.63) is 124 Å². The van der Waals surface area contributed by atoms with Crippen molar-refractivity contribution in [2.75, 3.05) is 31.6 Å². The molecule has 13 nitrogen and oxygen atoms in total. The van der Waals surface area contributed by atoms with Crippen molar-refractivity contribution < 1.29 is 27.6 Å². The largest absolute Gasteiger partial charge is 0.455 e. The molecule has 14 heteroatoms. The van der Waals surface area contributed by atoms with Gasteiger partial charge in [-0.2, -0.15) is 0 Å². The van der Waals surface area contributed by atoms with Crippen molar-refractivity contribution in [1.29, 1.82) is 0 Å². The Morgan fingerprint density at radius 1 is 0.983 bits per heavy atom. The van der Waals surface area contributed by atoms with Crippen LogP contribution in [0.4, 0.5) is 11.4 Å². The van der Waals surface area contributed by atoms with Crippen LogP contribution in [0.3, 0.4) is 0 Å². The molecule has 2 saturated heterocycles. The van der Waals surface area contributed by atoms with Crippen molar-refractivity contribution in [3.8, 4) is 11.5 Å². The molecule has 3 aromatic carbocycles. The van der Waals surface area contributed by atoms with Crippen LogP contribution in [0, 0.1) is 16.0 Å². The smallest absolute Gasteiger partial charge is 0.293 e. The first-order valence-electron chi connectivity index (χ1n) is 20.7. The molecule has 2 aliphatic carbocycles. The zero-order valence-electron chi connectivity index (χ0n) is 32.8.